The van der Waals surface area contributed by atoms with E-state index in [9.17, 15) is 9.59 Å². The van der Waals surface area contributed by atoms with E-state index in [0.29, 0.717) is 13.0 Å². The van der Waals surface area contributed by atoms with Crippen LogP contribution in [-0.2, 0) is 9.59 Å². The maximum atomic E-state index is 11.6. The minimum absolute atomic E-state index is 0.00674. The fraction of sp³-hybridized carbons (Fsp3) is 0.846. The standard InChI is InChI=1S/C13H27N3O2/c1-5-6-8-15-13(18)11(4)14-9-7-12(17)16-10(2)3/h10-11,14H,5-9H2,1-4H3,(H,15,18)(H,16,17). The summed E-state index contributed by atoms with van der Waals surface area (Å²) in [7, 11) is 0. The van der Waals surface area contributed by atoms with Crippen molar-refractivity contribution in [2.24, 2.45) is 0 Å². The molecule has 0 radical (unpaired) electrons. The van der Waals surface area contributed by atoms with Gasteiger partial charge in [0, 0.05) is 25.6 Å². The van der Waals surface area contributed by atoms with Gasteiger partial charge in [-0.25, -0.2) is 0 Å². The number of hydrogen-bond acceptors (Lipinski definition) is 3. The van der Waals surface area contributed by atoms with Crippen molar-refractivity contribution in [3.63, 3.8) is 0 Å². The summed E-state index contributed by atoms with van der Waals surface area (Å²) < 4.78 is 0. The molecule has 1 unspecified atom stereocenters. The third-order valence-corrected chi connectivity index (χ3v) is 2.48. The van der Waals surface area contributed by atoms with Crippen LogP contribution in [0.25, 0.3) is 0 Å². The van der Waals surface area contributed by atoms with E-state index in [4.69, 9.17) is 0 Å². The summed E-state index contributed by atoms with van der Waals surface area (Å²) in [6, 6.07) is -0.0963. The molecule has 0 bridgehead atoms. The third-order valence-electron chi connectivity index (χ3n) is 2.48. The molecule has 106 valence electrons. The lowest BCUT2D eigenvalue weighted by Gasteiger charge is -2.14. The van der Waals surface area contributed by atoms with Crippen LogP contribution in [0.4, 0.5) is 0 Å². The first-order chi connectivity index (χ1) is 8.47. The number of carbonyl (C=O) groups is 2. The van der Waals surface area contributed by atoms with Gasteiger partial charge in [-0.3, -0.25) is 9.59 Å². The highest BCUT2D eigenvalue weighted by atomic mass is 16.2. The summed E-state index contributed by atoms with van der Waals surface area (Å²) in [5.74, 6) is 0.00353. The number of carbonyl (C=O) groups excluding carboxylic acids is 2. The van der Waals surface area contributed by atoms with E-state index in [1.165, 1.54) is 0 Å². The van der Waals surface area contributed by atoms with Crippen molar-refractivity contribution >= 4 is 11.8 Å². The zero-order valence-electron chi connectivity index (χ0n) is 12.0. The number of nitrogens with one attached hydrogen (secondary N) is 3. The maximum Gasteiger partial charge on any atom is 0.236 e. The molecule has 2 amide bonds. The predicted octanol–water partition coefficient (Wildman–Crippen LogP) is 0.796. The predicted molar refractivity (Wildman–Crippen MR) is 73.3 cm³/mol. The van der Waals surface area contributed by atoms with Crippen molar-refractivity contribution in [1.82, 2.24) is 16.0 Å². The van der Waals surface area contributed by atoms with Gasteiger partial charge >= 0.3 is 0 Å². The normalized spacial score (nSPS) is 12.3. The van der Waals surface area contributed by atoms with Gasteiger partial charge in [0.2, 0.25) is 11.8 Å². The van der Waals surface area contributed by atoms with E-state index >= 15 is 0 Å². The second kappa shape index (κ2) is 9.88. The van der Waals surface area contributed by atoms with Gasteiger partial charge in [0.05, 0.1) is 6.04 Å². The molecule has 0 aliphatic carbocycles. The fourth-order valence-corrected chi connectivity index (χ4v) is 1.43. The third kappa shape index (κ3) is 8.98. The minimum Gasteiger partial charge on any atom is -0.355 e. The second-order valence-electron chi connectivity index (χ2n) is 4.79. The molecule has 0 aromatic heterocycles. The number of amides is 2. The highest BCUT2D eigenvalue weighted by Gasteiger charge is 2.11. The van der Waals surface area contributed by atoms with Crippen LogP contribution in [-0.4, -0.2) is 37.0 Å². The molecule has 0 aliphatic heterocycles. The molecule has 0 rings (SSSR count). The lowest BCUT2D eigenvalue weighted by atomic mass is 10.2. The Hall–Kier alpha value is -1.10. The minimum atomic E-state index is -0.256. The summed E-state index contributed by atoms with van der Waals surface area (Å²) >= 11 is 0. The maximum absolute atomic E-state index is 11.6. The Labute approximate surface area is 110 Å². The lowest BCUT2D eigenvalue weighted by Crippen LogP contribution is -2.43. The molecule has 5 nitrogen and oxygen atoms in total. The number of hydrogen-bond donors (Lipinski definition) is 3. The van der Waals surface area contributed by atoms with Gasteiger partial charge in [-0.1, -0.05) is 13.3 Å². The molecule has 5 heteroatoms. The summed E-state index contributed by atoms with van der Waals surface area (Å²) in [5, 5.41) is 8.70. The fourth-order valence-electron chi connectivity index (χ4n) is 1.43. The molecule has 0 aromatic rings. The monoisotopic (exact) mass is 257 g/mol. The van der Waals surface area contributed by atoms with Crippen molar-refractivity contribution in [1.29, 1.82) is 0 Å². The quantitative estimate of drug-likeness (QED) is 0.535. The summed E-state index contributed by atoms with van der Waals surface area (Å²) in [4.78, 5) is 23.0. The molecule has 0 heterocycles. The Balaban J connectivity index is 3.66. The smallest absolute Gasteiger partial charge is 0.236 e. The zero-order chi connectivity index (χ0) is 14.0. The van der Waals surface area contributed by atoms with E-state index < -0.39 is 0 Å². The van der Waals surface area contributed by atoms with Crippen LogP contribution < -0.4 is 16.0 Å². The molecule has 0 aliphatic rings. The van der Waals surface area contributed by atoms with Crippen LogP contribution in [0.5, 0.6) is 0 Å². The first-order valence-corrected chi connectivity index (χ1v) is 6.77. The van der Waals surface area contributed by atoms with Gasteiger partial charge in [-0.2, -0.15) is 0 Å². The average Bonchev–Trinajstić information content (AvgIpc) is 2.28. The van der Waals surface area contributed by atoms with Crippen LogP contribution in [0.15, 0.2) is 0 Å². The van der Waals surface area contributed by atoms with Crippen LogP contribution >= 0.6 is 0 Å². The van der Waals surface area contributed by atoms with Crippen LogP contribution in [0.3, 0.4) is 0 Å². The molecule has 0 saturated heterocycles. The summed E-state index contributed by atoms with van der Waals surface area (Å²) in [6.45, 7) is 8.98. The number of rotatable bonds is 9. The van der Waals surface area contributed by atoms with Gasteiger partial charge in [-0.15, -0.1) is 0 Å². The first kappa shape index (κ1) is 16.9. The molecule has 0 saturated carbocycles. The second-order valence-corrected chi connectivity index (χ2v) is 4.79. The highest BCUT2D eigenvalue weighted by molar-refractivity contribution is 5.81. The topological polar surface area (TPSA) is 70.2 Å². The van der Waals surface area contributed by atoms with Crippen LogP contribution in [0.1, 0.15) is 47.0 Å². The van der Waals surface area contributed by atoms with Crippen LogP contribution in [0, 0.1) is 0 Å². The van der Waals surface area contributed by atoms with Gasteiger partial charge < -0.3 is 16.0 Å². The van der Waals surface area contributed by atoms with Gasteiger partial charge in [-0.05, 0) is 27.2 Å². The Bertz CT molecular complexity index is 255. The average molecular weight is 257 g/mol. The molecular formula is C13H27N3O2. The Morgan fingerprint density at radius 2 is 1.78 bits per heavy atom. The van der Waals surface area contributed by atoms with E-state index in [1.54, 1.807) is 0 Å². The van der Waals surface area contributed by atoms with Crippen molar-refractivity contribution in [2.75, 3.05) is 13.1 Å². The van der Waals surface area contributed by atoms with Crippen molar-refractivity contribution < 1.29 is 9.59 Å². The van der Waals surface area contributed by atoms with Crippen molar-refractivity contribution in [3.05, 3.63) is 0 Å². The van der Waals surface area contributed by atoms with E-state index in [2.05, 4.69) is 22.9 Å². The SMILES string of the molecule is CCCCNC(=O)C(C)NCCC(=O)NC(C)C. The number of unbranched alkanes of at least 4 members (excludes halogenated alkanes) is 1. The van der Waals surface area contributed by atoms with Crippen molar-refractivity contribution in [2.45, 2.75) is 59.0 Å². The molecule has 1 atom stereocenters. The van der Waals surface area contributed by atoms with E-state index in [-0.39, 0.29) is 23.9 Å². The van der Waals surface area contributed by atoms with E-state index in [1.807, 2.05) is 20.8 Å². The van der Waals surface area contributed by atoms with Gasteiger partial charge in [0.15, 0.2) is 0 Å². The molecule has 18 heavy (non-hydrogen) atoms. The highest BCUT2D eigenvalue weighted by Crippen LogP contribution is 1.88. The zero-order valence-corrected chi connectivity index (χ0v) is 12.0. The Kier molecular flexibility index (Phi) is 9.28. The van der Waals surface area contributed by atoms with E-state index in [0.717, 1.165) is 19.4 Å². The van der Waals surface area contributed by atoms with Crippen LogP contribution in [0.2, 0.25) is 0 Å². The Morgan fingerprint density at radius 3 is 2.33 bits per heavy atom. The van der Waals surface area contributed by atoms with Gasteiger partial charge in [0.25, 0.3) is 0 Å². The molecule has 0 aromatic carbocycles. The lowest BCUT2D eigenvalue weighted by molar-refractivity contribution is -0.124. The molecule has 0 fully saturated rings. The molecular weight excluding hydrogens is 230 g/mol. The Morgan fingerprint density at radius 1 is 1.11 bits per heavy atom. The first-order valence-electron chi connectivity index (χ1n) is 6.77. The summed E-state index contributed by atoms with van der Waals surface area (Å²) in [6.07, 6.45) is 2.46. The molecule has 0 spiro atoms. The largest absolute Gasteiger partial charge is 0.355 e. The van der Waals surface area contributed by atoms with Crippen molar-refractivity contribution in [3.8, 4) is 0 Å². The molecule has 3 N–H and O–H groups in total. The summed E-state index contributed by atoms with van der Waals surface area (Å²) in [5.41, 5.74) is 0. The van der Waals surface area contributed by atoms with Gasteiger partial charge in [0.1, 0.15) is 0 Å².